The summed E-state index contributed by atoms with van der Waals surface area (Å²) in [5.41, 5.74) is 1.80. The van der Waals surface area contributed by atoms with Crippen LogP contribution in [0.15, 0.2) is 66.7 Å². The van der Waals surface area contributed by atoms with Crippen LogP contribution in [0, 0.1) is 0 Å². The van der Waals surface area contributed by atoms with E-state index < -0.39 is 12.0 Å². The van der Waals surface area contributed by atoms with E-state index in [1.165, 1.54) is 7.11 Å². The normalized spacial score (nSPS) is 11.6. The van der Waals surface area contributed by atoms with Crippen molar-refractivity contribution in [2.75, 3.05) is 14.2 Å². The summed E-state index contributed by atoms with van der Waals surface area (Å²) < 4.78 is 10.0. The van der Waals surface area contributed by atoms with E-state index in [9.17, 15) is 9.59 Å². The fourth-order valence-corrected chi connectivity index (χ4v) is 3.11. The van der Waals surface area contributed by atoms with Gasteiger partial charge in [-0.2, -0.15) is 0 Å². The van der Waals surface area contributed by atoms with Crippen LogP contribution in [0.2, 0.25) is 0 Å². The molecule has 28 heavy (non-hydrogen) atoms. The van der Waals surface area contributed by atoms with E-state index in [2.05, 4.69) is 5.32 Å². The number of nitrogens with one attached hydrogen (secondary N) is 1. The number of benzene rings is 3. The molecule has 0 fully saturated rings. The molecular weight excluding hydrogens is 354 g/mol. The first-order chi connectivity index (χ1) is 13.6. The Balaban J connectivity index is 1.68. The number of rotatable bonds is 7. The minimum Gasteiger partial charge on any atom is -0.497 e. The summed E-state index contributed by atoms with van der Waals surface area (Å²) in [4.78, 5) is 24.7. The lowest BCUT2D eigenvalue weighted by atomic mass is 10.0. The van der Waals surface area contributed by atoms with Crippen molar-refractivity contribution < 1.29 is 19.1 Å². The van der Waals surface area contributed by atoms with Crippen LogP contribution in [0.4, 0.5) is 0 Å². The van der Waals surface area contributed by atoms with Crippen molar-refractivity contribution in [3.63, 3.8) is 0 Å². The number of carbonyl (C=O) groups is 2. The zero-order chi connectivity index (χ0) is 19.9. The average Bonchev–Trinajstić information content (AvgIpc) is 2.73. The first-order valence-corrected chi connectivity index (χ1v) is 9.07. The Morgan fingerprint density at radius 1 is 0.893 bits per heavy atom. The lowest BCUT2D eigenvalue weighted by Gasteiger charge is -2.17. The molecule has 0 aliphatic rings. The van der Waals surface area contributed by atoms with Gasteiger partial charge < -0.3 is 14.8 Å². The summed E-state index contributed by atoms with van der Waals surface area (Å²) in [5, 5.41) is 5.00. The van der Waals surface area contributed by atoms with Gasteiger partial charge >= 0.3 is 5.97 Å². The highest BCUT2D eigenvalue weighted by Gasteiger charge is 2.22. The SMILES string of the molecule is COC(=O)[C@@H](Cc1ccc(OC)cc1)NC(=O)Cc1ccc2ccccc2c1. The monoisotopic (exact) mass is 377 g/mol. The molecule has 1 amide bonds. The second-order valence-electron chi connectivity index (χ2n) is 6.55. The molecule has 144 valence electrons. The Morgan fingerprint density at radius 2 is 1.57 bits per heavy atom. The van der Waals surface area contributed by atoms with Gasteiger partial charge in [-0.1, -0.05) is 54.6 Å². The van der Waals surface area contributed by atoms with E-state index in [1.54, 1.807) is 7.11 Å². The van der Waals surface area contributed by atoms with Gasteiger partial charge in [0.15, 0.2) is 0 Å². The molecule has 0 bridgehead atoms. The lowest BCUT2D eigenvalue weighted by molar-refractivity contribution is -0.145. The highest BCUT2D eigenvalue weighted by Crippen LogP contribution is 2.16. The average molecular weight is 377 g/mol. The zero-order valence-corrected chi connectivity index (χ0v) is 16.0. The lowest BCUT2D eigenvalue weighted by Crippen LogP contribution is -2.43. The zero-order valence-electron chi connectivity index (χ0n) is 16.0. The maximum atomic E-state index is 12.5. The van der Waals surface area contributed by atoms with Crippen LogP contribution < -0.4 is 10.1 Å². The maximum Gasteiger partial charge on any atom is 0.328 e. The van der Waals surface area contributed by atoms with Crippen molar-refractivity contribution in [3.05, 3.63) is 77.9 Å². The van der Waals surface area contributed by atoms with Crippen molar-refractivity contribution in [2.24, 2.45) is 0 Å². The van der Waals surface area contributed by atoms with Crippen LogP contribution in [0.5, 0.6) is 5.75 Å². The molecule has 1 atom stereocenters. The number of hydrogen-bond donors (Lipinski definition) is 1. The highest BCUT2D eigenvalue weighted by atomic mass is 16.5. The third-order valence-corrected chi connectivity index (χ3v) is 4.60. The predicted molar refractivity (Wildman–Crippen MR) is 108 cm³/mol. The molecule has 3 rings (SSSR count). The van der Waals surface area contributed by atoms with Crippen molar-refractivity contribution in [1.82, 2.24) is 5.32 Å². The molecule has 0 spiro atoms. The van der Waals surface area contributed by atoms with E-state index in [1.807, 2.05) is 66.7 Å². The third kappa shape index (κ3) is 4.88. The van der Waals surface area contributed by atoms with Gasteiger partial charge in [0.1, 0.15) is 11.8 Å². The minimum atomic E-state index is -0.744. The molecule has 5 heteroatoms. The highest BCUT2D eigenvalue weighted by molar-refractivity contribution is 5.88. The van der Waals surface area contributed by atoms with Gasteiger partial charge in [-0.15, -0.1) is 0 Å². The number of amides is 1. The van der Waals surface area contributed by atoms with Gasteiger partial charge in [-0.05, 0) is 34.0 Å². The molecule has 0 aliphatic heterocycles. The standard InChI is InChI=1S/C23H23NO4/c1-27-20-11-8-16(9-12-20)14-21(23(26)28-2)24-22(25)15-17-7-10-18-5-3-4-6-19(18)13-17/h3-13,21H,14-15H2,1-2H3,(H,24,25)/t21-/m1/s1. The topological polar surface area (TPSA) is 64.6 Å². The van der Waals surface area contributed by atoms with Crippen molar-refractivity contribution >= 4 is 22.6 Å². The Morgan fingerprint density at radius 3 is 2.25 bits per heavy atom. The van der Waals surface area contributed by atoms with Crippen LogP contribution in [0.25, 0.3) is 10.8 Å². The predicted octanol–water partition coefficient (Wildman–Crippen LogP) is 3.29. The van der Waals surface area contributed by atoms with E-state index >= 15 is 0 Å². The van der Waals surface area contributed by atoms with Crippen LogP contribution in [0.1, 0.15) is 11.1 Å². The molecule has 0 radical (unpaired) electrons. The first-order valence-electron chi connectivity index (χ1n) is 9.07. The van der Waals surface area contributed by atoms with E-state index in [4.69, 9.17) is 9.47 Å². The number of esters is 1. The summed E-state index contributed by atoms with van der Waals surface area (Å²) in [6.07, 6.45) is 0.543. The summed E-state index contributed by atoms with van der Waals surface area (Å²) in [7, 11) is 2.91. The number of ether oxygens (including phenoxy) is 2. The number of carbonyl (C=O) groups excluding carboxylic acids is 2. The van der Waals surface area contributed by atoms with Gasteiger partial charge in [0.25, 0.3) is 0 Å². The Hall–Kier alpha value is -3.34. The fraction of sp³-hybridized carbons (Fsp3) is 0.217. The molecule has 0 saturated carbocycles. The Labute approximate surface area is 164 Å². The van der Waals surface area contributed by atoms with Crippen LogP contribution in [-0.4, -0.2) is 32.1 Å². The van der Waals surface area contributed by atoms with Crippen LogP contribution in [-0.2, 0) is 27.2 Å². The largest absolute Gasteiger partial charge is 0.497 e. The third-order valence-electron chi connectivity index (χ3n) is 4.60. The van der Waals surface area contributed by atoms with Gasteiger partial charge in [-0.25, -0.2) is 4.79 Å². The summed E-state index contributed by atoms with van der Waals surface area (Å²) in [6.45, 7) is 0. The first kappa shape index (κ1) is 19.4. The molecule has 0 aromatic heterocycles. The fourth-order valence-electron chi connectivity index (χ4n) is 3.11. The van der Waals surface area contributed by atoms with Gasteiger partial charge in [-0.3, -0.25) is 4.79 Å². The smallest absolute Gasteiger partial charge is 0.328 e. The molecule has 0 aliphatic carbocycles. The van der Waals surface area contributed by atoms with Crippen LogP contribution in [0.3, 0.4) is 0 Å². The molecule has 0 saturated heterocycles. The minimum absolute atomic E-state index is 0.195. The van der Waals surface area contributed by atoms with Crippen molar-refractivity contribution in [1.29, 1.82) is 0 Å². The van der Waals surface area contributed by atoms with Crippen LogP contribution >= 0.6 is 0 Å². The van der Waals surface area contributed by atoms with Crippen molar-refractivity contribution in [2.45, 2.75) is 18.9 Å². The molecule has 3 aromatic rings. The summed E-state index contributed by atoms with van der Waals surface area (Å²) in [6, 6.07) is 20.5. The van der Waals surface area contributed by atoms with Gasteiger partial charge in [0, 0.05) is 6.42 Å². The molecule has 1 N–H and O–H groups in total. The van der Waals surface area contributed by atoms with E-state index in [0.717, 1.165) is 27.6 Å². The number of fused-ring (bicyclic) bond motifs is 1. The van der Waals surface area contributed by atoms with E-state index in [0.29, 0.717) is 6.42 Å². The van der Waals surface area contributed by atoms with Gasteiger partial charge in [0.05, 0.1) is 20.6 Å². The van der Waals surface area contributed by atoms with Crippen molar-refractivity contribution in [3.8, 4) is 5.75 Å². The summed E-state index contributed by atoms with van der Waals surface area (Å²) in [5.74, 6) is 0.0422. The Kier molecular flexibility index (Phi) is 6.27. The maximum absolute atomic E-state index is 12.5. The molecule has 3 aromatic carbocycles. The molecular formula is C23H23NO4. The van der Waals surface area contributed by atoms with Gasteiger partial charge in [0.2, 0.25) is 5.91 Å². The van der Waals surface area contributed by atoms with E-state index in [-0.39, 0.29) is 12.3 Å². The summed E-state index contributed by atoms with van der Waals surface area (Å²) >= 11 is 0. The quantitative estimate of drug-likeness (QED) is 0.642. The second-order valence-corrected chi connectivity index (χ2v) is 6.55. The Bertz CT molecular complexity index is 966. The number of hydrogen-bond acceptors (Lipinski definition) is 4. The molecule has 0 unspecified atom stereocenters. The second kappa shape index (κ2) is 9.04. The number of methoxy groups -OCH3 is 2. The molecule has 5 nitrogen and oxygen atoms in total. The molecule has 0 heterocycles.